The lowest BCUT2D eigenvalue weighted by Crippen LogP contribution is -2.66. The van der Waals surface area contributed by atoms with E-state index >= 15 is 0 Å². The number of furan rings is 1. The Kier molecular flexibility index (Phi) is 5.63. The van der Waals surface area contributed by atoms with Crippen molar-refractivity contribution in [3.8, 4) is 5.75 Å². The molecule has 1 aromatic carbocycles. The SMILES string of the molecule is COc1ccc(Cl)cc1N1C(=O)c2cc3occc3n2CC1(C)C(=O)NC1CCCC(C)C1C. The average molecular weight is 484 g/mol. The van der Waals surface area contributed by atoms with Gasteiger partial charge in [0.1, 0.15) is 17.0 Å². The van der Waals surface area contributed by atoms with Crippen LogP contribution in [0.15, 0.2) is 41.0 Å². The summed E-state index contributed by atoms with van der Waals surface area (Å²) in [7, 11) is 1.54. The number of carbonyl (C=O) groups is 2. The van der Waals surface area contributed by atoms with Crippen LogP contribution in [0.2, 0.25) is 5.02 Å². The number of nitrogens with one attached hydrogen (secondary N) is 1. The quantitative estimate of drug-likeness (QED) is 0.549. The molecule has 0 saturated heterocycles. The van der Waals surface area contributed by atoms with Gasteiger partial charge in [-0.1, -0.05) is 38.3 Å². The molecule has 1 fully saturated rings. The van der Waals surface area contributed by atoms with E-state index in [0.717, 1.165) is 18.4 Å². The van der Waals surface area contributed by atoms with Gasteiger partial charge in [0, 0.05) is 23.2 Å². The van der Waals surface area contributed by atoms with Crippen LogP contribution >= 0.6 is 11.6 Å². The predicted octanol–water partition coefficient (Wildman–Crippen LogP) is 5.26. The second-order valence-corrected chi connectivity index (χ2v) is 10.3. The second-order valence-electron chi connectivity index (χ2n) is 9.86. The molecule has 1 N–H and O–H groups in total. The van der Waals surface area contributed by atoms with E-state index in [-0.39, 0.29) is 24.4 Å². The van der Waals surface area contributed by atoms with Crippen LogP contribution < -0.4 is 15.0 Å². The number of rotatable bonds is 4. The normalized spacial score (nSPS) is 27.0. The standard InChI is InChI=1S/C26H30ClN3O4/c1-15-6-5-7-18(16(15)2)28-25(32)26(3)14-29-19-10-11-34-23(19)13-21(29)24(31)30(26)20-12-17(27)8-9-22(20)33-4/h8-13,15-16,18H,5-7,14H2,1-4H3,(H,28,32). The number of methoxy groups -OCH3 is 1. The van der Waals surface area contributed by atoms with Gasteiger partial charge in [-0.15, -0.1) is 0 Å². The summed E-state index contributed by atoms with van der Waals surface area (Å²) in [5, 5.41) is 3.76. The van der Waals surface area contributed by atoms with Crippen molar-refractivity contribution in [1.29, 1.82) is 0 Å². The van der Waals surface area contributed by atoms with Gasteiger partial charge in [0.05, 0.1) is 31.1 Å². The summed E-state index contributed by atoms with van der Waals surface area (Å²) < 4.78 is 13.0. The Bertz CT molecular complexity index is 1260. The molecule has 180 valence electrons. The molecule has 5 rings (SSSR count). The molecule has 0 bridgehead atoms. The van der Waals surface area contributed by atoms with Crippen molar-refractivity contribution in [2.45, 2.75) is 58.2 Å². The molecule has 2 aliphatic rings. The maximum Gasteiger partial charge on any atom is 0.276 e. The first kappa shape index (κ1) is 22.8. The zero-order valence-corrected chi connectivity index (χ0v) is 20.7. The molecule has 4 atom stereocenters. The van der Waals surface area contributed by atoms with Crippen LogP contribution in [0.3, 0.4) is 0 Å². The van der Waals surface area contributed by atoms with Crippen LogP contribution in [0, 0.1) is 11.8 Å². The molecule has 3 aromatic rings. The number of aromatic nitrogens is 1. The fourth-order valence-electron chi connectivity index (χ4n) is 5.54. The number of ether oxygens (including phenoxy) is 1. The molecule has 1 aliphatic heterocycles. The van der Waals surface area contributed by atoms with Crippen molar-refractivity contribution in [2.75, 3.05) is 12.0 Å². The first-order chi connectivity index (χ1) is 16.2. The Balaban J connectivity index is 1.62. The molecule has 2 aromatic heterocycles. The molecule has 7 nitrogen and oxygen atoms in total. The topological polar surface area (TPSA) is 76.7 Å². The number of fused-ring (bicyclic) bond motifs is 3. The van der Waals surface area contributed by atoms with Crippen molar-refractivity contribution in [1.82, 2.24) is 9.88 Å². The third kappa shape index (κ3) is 3.49. The maximum atomic E-state index is 14.0. The van der Waals surface area contributed by atoms with Gasteiger partial charge in [-0.05, 0) is 43.4 Å². The Morgan fingerprint density at radius 3 is 2.79 bits per heavy atom. The molecule has 1 aliphatic carbocycles. The zero-order valence-electron chi connectivity index (χ0n) is 19.9. The summed E-state index contributed by atoms with van der Waals surface area (Å²) >= 11 is 6.34. The molecule has 34 heavy (non-hydrogen) atoms. The van der Waals surface area contributed by atoms with Crippen LogP contribution in [0.25, 0.3) is 11.1 Å². The molecule has 0 radical (unpaired) electrons. The molecule has 8 heteroatoms. The number of halogens is 1. The van der Waals surface area contributed by atoms with E-state index in [1.165, 1.54) is 11.3 Å². The summed E-state index contributed by atoms with van der Waals surface area (Å²) in [6, 6.07) is 8.71. The highest BCUT2D eigenvalue weighted by molar-refractivity contribution is 6.31. The minimum atomic E-state index is -1.22. The van der Waals surface area contributed by atoms with Crippen molar-refractivity contribution >= 4 is 40.2 Å². The van der Waals surface area contributed by atoms with Crippen LogP contribution in [-0.2, 0) is 11.3 Å². The lowest BCUT2D eigenvalue weighted by atomic mass is 9.77. The minimum Gasteiger partial charge on any atom is -0.495 e. The second kappa shape index (κ2) is 8.38. The fourth-order valence-corrected chi connectivity index (χ4v) is 5.70. The number of benzene rings is 1. The highest BCUT2D eigenvalue weighted by atomic mass is 35.5. The lowest BCUT2D eigenvalue weighted by Gasteiger charge is -2.45. The largest absolute Gasteiger partial charge is 0.495 e. The summed E-state index contributed by atoms with van der Waals surface area (Å²) in [6.45, 7) is 6.52. The van der Waals surface area contributed by atoms with Crippen molar-refractivity contribution in [3.05, 3.63) is 47.3 Å². The Hall–Kier alpha value is -2.93. The Morgan fingerprint density at radius 1 is 1.24 bits per heavy atom. The molecule has 2 amide bonds. The smallest absolute Gasteiger partial charge is 0.276 e. The van der Waals surface area contributed by atoms with Gasteiger partial charge in [-0.2, -0.15) is 0 Å². The number of anilines is 1. The fraction of sp³-hybridized carbons (Fsp3) is 0.462. The van der Waals surface area contributed by atoms with Crippen LogP contribution in [-0.4, -0.2) is 35.1 Å². The molecule has 1 saturated carbocycles. The zero-order chi connectivity index (χ0) is 24.2. The van der Waals surface area contributed by atoms with E-state index in [1.54, 1.807) is 37.6 Å². The summed E-state index contributed by atoms with van der Waals surface area (Å²) in [5.41, 5.74) is 1.11. The molecular weight excluding hydrogens is 454 g/mol. The van der Waals surface area contributed by atoms with Crippen LogP contribution in [0.4, 0.5) is 5.69 Å². The van der Waals surface area contributed by atoms with Gasteiger partial charge in [-0.3, -0.25) is 14.5 Å². The number of hydrogen-bond donors (Lipinski definition) is 1. The van der Waals surface area contributed by atoms with E-state index in [9.17, 15) is 9.59 Å². The van der Waals surface area contributed by atoms with E-state index in [2.05, 4.69) is 19.2 Å². The third-order valence-electron chi connectivity index (χ3n) is 7.80. The monoisotopic (exact) mass is 483 g/mol. The first-order valence-electron chi connectivity index (χ1n) is 11.8. The van der Waals surface area contributed by atoms with Gasteiger partial charge < -0.3 is 19.0 Å². The van der Waals surface area contributed by atoms with Crippen molar-refractivity contribution < 1.29 is 18.7 Å². The first-order valence-corrected chi connectivity index (χ1v) is 12.2. The van der Waals surface area contributed by atoms with Crippen molar-refractivity contribution in [2.24, 2.45) is 11.8 Å². The number of nitrogens with zero attached hydrogens (tertiary/aromatic N) is 2. The lowest BCUT2D eigenvalue weighted by molar-refractivity contribution is -0.128. The Labute approximate surface area is 204 Å². The average Bonchev–Trinajstić information content (AvgIpc) is 3.39. The van der Waals surface area contributed by atoms with Gasteiger partial charge in [0.15, 0.2) is 5.58 Å². The van der Waals surface area contributed by atoms with E-state index < -0.39 is 5.54 Å². The van der Waals surface area contributed by atoms with Gasteiger partial charge in [-0.25, -0.2) is 0 Å². The summed E-state index contributed by atoms with van der Waals surface area (Å²) in [5.74, 6) is 0.869. The number of carbonyl (C=O) groups excluding carboxylic acids is 2. The van der Waals surface area contributed by atoms with E-state index in [4.69, 9.17) is 20.8 Å². The number of amides is 2. The number of hydrogen-bond acceptors (Lipinski definition) is 4. The predicted molar refractivity (Wildman–Crippen MR) is 132 cm³/mol. The third-order valence-corrected chi connectivity index (χ3v) is 8.03. The van der Waals surface area contributed by atoms with Gasteiger partial charge in [0.2, 0.25) is 5.91 Å². The maximum absolute atomic E-state index is 14.0. The molecule has 0 spiro atoms. The van der Waals surface area contributed by atoms with Crippen molar-refractivity contribution in [3.63, 3.8) is 0 Å². The minimum absolute atomic E-state index is 0.0614. The van der Waals surface area contributed by atoms with Crippen LogP contribution in [0.5, 0.6) is 5.75 Å². The molecule has 4 unspecified atom stereocenters. The summed E-state index contributed by atoms with van der Waals surface area (Å²) in [6.07, 6.45) is 4.77. The molecule has 3 heterocycles. The van der Waals surface area contributed by atoms with Crippen LogP contribution in [0.1, 0.15) is 50.5 Å². The highest BCUT2D eigenvalue weighted by Crippen LogP contribution is 2.41. The summed E-state index contributed by atoms with van der Waals surface area (Å²) in [4.78, 5) is 29.6. The Morgan fingerprint density at radius 2 is 2.03 bits per heavy atom. The van der Waals surface area contributed by atoms with Gasteiger partial charge in [0.25, 0.3) is 5.91 Å². The van der Waals surface area contributed by atoms with E-state index in [0.29, 0.717) is 39.6 Å². The van der Waals surface area contributed by atoms with Gasteiger partial charge >= 0.3 is 0 Å². The molecular formula is C26H30ClN3O4. The highest BCUT2D eigenvalue weighted by Gasteiger charge is 2.50. The van der Waals surface area contributed by atoms with E-state index in [1.807, 2.05) is 17.6 Å².